The van der Waals surface area contributed by atoms with Gasteiger partial charge in [0, 0.05) is 25.0 Å². The summed E-state index contributed by atoms with van der Waals surface area (Å²) in [5.74, 6) is -0.417. The third-order valence-electron chi connectivity index (χ3n) is 6.38. The molecule has 2 amide bonds. The molecule has 0 bridgehead atoms. The number of aliphatic carboxylic acids is 1. The summed E-state index contributed by atoms with van der Waals surface area (Å²) in [6, 6.07) is 0.371. The number of hydrogen-bond acceptors (Lipinski definition) is 3. The van der Waals surface area contributed by atoms with Gasteiger partial charge in [0.1, 0.15) is 0 Å². The summed E-state index contributed by atoms with van der Waals surface area (Å²) in [5.41, 5.74) is 0. The first kappa shape index (κ1) is 18.2. The summed E-state index contributed by atoms with van der Waals surface area (Å²) in [6.45, 7) is 2.81. The van der Waals surface area contributed by atoms with Gasteiger partial charge in [0.05, 0.1) is 11.8 Å². The highest BCUT2D eigenvalue weighted by Crippen LogP contribution is 2.31. The number of nitrogens with zero attached hydrogens (tertiary/aromatic N) is 1. The van der Waals surface area contributed by atoms with Crippen molar-refractivity contribution in [1.29, 1.82) is 0 Å². The second-order valence-electron chi connectivity index (χ2n) is 8.26. The van der Waals surface area contributed by atoms with Gasteiger partial charge in [0.15, 0.2) is 0 Å². The summed E-state index contributed by atoms with van der Waals surface area (Å²) in [7, 11) is 0. The Kier molecular flexibility index (Phi) is 5.64. The Morgan fingerprint density at radius 2 is 1.64 bits per heavy atom. The Hall–Kier alpha value is -1.59. The van der Waals surface area contributed by atoms with Gasteiger partial charge in [0.2, 0.25) is 11.8 Å². The number of hydrogen-bond donors (Lipinski definition) is 2. The van der Waals surface area contributed by atoms with Gasteiger partial charge in [-0.15, -0.1) is 0 Å². The van der Waals surface area contributed by atoms with Crippen LogP contribution >= 0.6 is 0 Å². The molecule has 0 aromatic heterocycles. The fourth-order valence-electron chi connectivity index (χ4n) is 4.62. The second-order valence-corrected chi connectivity index (χ2v) is 8.26. The highest BCUT2D eigenvalue weighted by atomic mass is 16.4. The number of carboxylic acid groups (broad SMARTS) is 1. The number of carbonyl (C=O) groups is 3. The number of rotatable bonds is 4. The lowest BCUT2D eigenvalue weighted by atomic mass is 9.86. The van der Waals surface area contributed by atoms with Crippen LogP contribution in [-0.2, 0) is 14.4 Å². The van der Waals surface area contributed by atoms with Gasteiger partial charge in [0.25, 0.3) is 0 Å². The minimum atomic E-state index is -0.733. The molecule has 3 rings (SSSR count). The van der Waals surface area contributed by atoms with Crippen LogP contribution in [0, 0.1) is 17.8 Å². The molecule has 3 fully saturated rings. The van der Waals surface area contributed by atoms with E-state index >= 15 is 0 Å². The van der Waals surface area contributed by atoms with Gasteiger partial charge < -0.3 is 15.3 Å². The maximum absolute atomic E-state index is 12.5. The van der Waals surface area contributed by atoms with Crippen molar-refractivity contribution in [2.45, 2.75) is 76.8 Å². The van der Waals surface area contributed by atoms with Crippen LogP contribution in [-0.4, -0.2) is 46.4 Å². The molecule has 1 atom stereocenters. The number of carboxylic acids is 1. The lowest BCUT2D eigenvalue weighted by Crippen LogP contribution is -2.43. The molecule has 140 valence electrons. The fraction of sp³-hybridized carbons (Fsp3) is 0.842. The van der Waals surface area contributed by atoms with E-state index in [1.54, 1.807) is 0 Å². The minimum Gasteiger partial charge on any atom is -0.481 e. The average molecular weight is 350 g/mol. The van der Waals surface area contributed by atoms with E-state index in [0.29, 0.717) is 44.7 Å². The molecule has 6 nitrogen and oxygen atoms in total. The van der Waals surface area contributed by atoms with E-state index in [4.69, 9.17) is 5.11 Å². The molecule has 25 heavy (non-hydrogen) atoms. The second kappa shape index (κ2) is 7.75. The van der Waals surface area contributed by atoms with Crippen LogP contribution in [0.15, 0.2) is 0 Å². The molecule has 0 aromatic rings. The zero-order chi connectivity index (χ0) is 18.0. The van der Waals surface area contributed by atoms with Crippen molar-refractivity contribution < 1.29 is 19.5 Å². The number of likely N-dealkylation sites (tertiary alicyclic amines) is 1. The molecule has 0 aromatic carbocycles. The Morgan fingerprint density at radius 3 is 2.24 bits per heavy atom. The molecule has 0 spiro atoms. The molecule has 0 unspecified atom stereocenters. The van der Waals surface area contributed by atoms with E-state index in [1.165, 1.54) is 0 Å². The van der Waals surface area contributed by atoms with Gasteiger partial charge in [-0.3, -0.25) is 14.4 Å². The molecule has 1 aliphatic heterocycles. The van der Waals surface area contributed by atoms with E-state index in [2.05, 4.69) is 12.2 Å². The van der Waals surface area contributed by atoms with Crippen molar-refractivity contribution in [2.24, 2.45) is 17.8 Å². The molecular formula is C19H30N2O4. The van der Waals surface area contributed by atoms with Crippen LogP contribution < -0.4 is 5.32 Å². The first-order valence-electron chi connectivity index (χ1n) is 9.76. The Balaban J connectivity index is 1.47. The quantitative estimate of drug-likeness (QED) is 0.813. The largest absolute Gasteiger partial charge is 0.481 e. The van der Waals surface area contributed by atoms with Gasteiger partial charge in [-0.1, -0.05) is 6.92 Å². The van der Waals surface area contributed by atoms with E-state index in [1.807, 2.05) is 4.90 Å². The zero-order valence-corrected chi connectivity index (χ0v) is 15.1. The third-order valence-corrected chi connectivity index (χ3v) is 6.38. The van der Waals surface area contributed by atoms with Gasteiger partial charge in [-0.05, 0) is 57.3 Å². The number of carbonyl (C=O) groups excluding carboxylic acids is 2. The molecule has 6 heteroatoms. The predicted octanol–water partition coefficient (Wildman–Crippen LogP) is 2.17. The SMILES string of the molecule is CC1CCC(N2C[C@H](C(=O)NC3CCC(C(=O)O)CC3)CC2=O)CC1. The van der Waals surface area contributed by atoms with Crippen LogP contribution in [0.5, 0.6) is 0 Å². The van der Waals surface area contributed by atoms with Gasteiger partial charge in [-0.2, -0.15) is 0 Å². The van der Waals surface area contributed by atoms with Gasteiger partial charge >= 0.3 is 5.97 Å². The molecule has 3 aliphatic rings. The molecule has 1 heterocycles. The van der Waals surface area contributed by atoms with E-state index in [9.17, 15) is 14.4 Å². The van der Waals surface area contributed by atoms with Gasteiger partial charge in [-0.25, -0.2) is 0 Å². The summed E-state index contributed by atoms with van der Waals surface area (Å²) in [4.78, 5) is 37.9. The van der Waals surface area contributed by atoms with Crippen LogP contribution in [0.1, 0.15) is 64.7 Å². The van der Waals surface area contributed by atoms with E-state index < -0.39 is 5.97 Å². The summed E-state index contributed by atoms with van der Waals surface area (Å²) < 4.78 is 0. The van der Waals surface area contributed by atoms with Crippen LogP contribution in [0.2, 0.25) is 0 Å². The maximum Gasteiger partial charge on any atom is 0.306 e. The van der Waals surface area contributed by atoms with Crippen LogP contribution in [0.3, 0.4) is 0 Å². The molecule has 0 radical (unpaired) electrons. The molecule has 2 aliphatic carbocycles. The molecule has 2 saturated carbocycles. The van der Waals surface area contributed by atoms with Crippen molar-refractivity contribution in [3.8, 4) is 0 Å². The van der Waals surface area contributed by atoms with E-state index in [-0.39, 0.29) is 29.7 Å². The first-order chi connectivity index (χ1) is 11.9. The van der Waals surface area contributed by atoms with Crippen molar-refractivity contribution >= 4 is 17.8 Å². The lowest BCUT2D eigenvalue weighted by Gasteiger charge is -2.33. The molecule has 2 N–H and O–H groups in total. The topological polar surface area (TPSA) is 86.7 Å². The average Bonchev–Trinajstić information content (AvgIpc) is 2.98. The monoisotopic (exact) mass is 350 g/mol. The molecular weight excluding hydrogens is 320 g/mol. The van der Waals surface area contributed by atoms with Crippen molar-refractivity contribution in [2.75, 3.05) is 6.54 Å². The highest BCUT2D eigenvalue weighted by Gasteiger charge is 2.39. The standard InChI is InChI=1S/C19H30N2O4/c1-12-2-8-16(9-3-12)21-11-14(10-17(21)22)18(23)20-15-6-4-13(5-7-15)19(24)25/h12-16H,2-11H2,1H3,(H,20,23)(H,24,25)/t12?,13?,14-,15?,16?/m1/s1. The minimum absolute atomic E-state index is 0.0289. The first-order valence-corrected chi connectivity index (χ1v) is 9.76. The smallest absolute Gasteiger partial charge is 0.306 e. The summed E-state index contributed by atoms with van der Waals surface area (Å²) in [5, 5.41) is 12.1. The maximum atomic E-state index is 12.5. The number of nitrogens with one attached hydrogen (secondary N) is 1. The van der Waals surface area contributed by atoms with Crippen molar-refractivity contribution in [3.05, 3.63) is 0 Å². The number of amides is 2. The summed E-state index contributed by atoms with van der Waals surface area (Å²) >= 11 is 0. The van der Waals surface area contributed by atoms with Crippen LogP contribution in [0.25, 0.3) is 0 Å². The Labute approximate surface area is 149 Å². The van der Waals surface area contributed by atoms with Crippen LogP contribution in [0.4, 0.5) is 0 Å². The Bertz CT molecular complexity index is 520. The molecule has 1 saturated heterocycles. The summed E-state index contributed by atoms with van der Waals surface area (Å²) in [6.07, 6.45) is 7.44. The van der Waals surface area contributed by atoms with Crippen molar-refractivity contribution in [1.82, 2.24) is 10.2 Å². The highest BCUT2D eigenvalue weighted by molar-refractivity contribution is 5.89. The zero-order valence-electron chi connectivity index (χ0n) is 15.1. The fourth-order valence-corrected chi connectivity index (χ4v) is 4.62. The van der Waals surface area contributed by atoms with E-state index in [0.717, 1.165) is 31.6 Å². The predicted molar refractivity (Wildman–Crippen MR) is 92.8 cm³/mol. The van der Waals surface area contributed by atoms with Crippen molar-refractivity contribution in [3.63, 3.8) is 0 Å². The lowest BCUT2D eigenvalue weighted by molar-refractivity contribution is -0.143. The normalized spacial score (nSPS) is 36.3. The Morgan fingerprint density at radius 1 is 1.00 bits per heavy atom. The third kappa shape index (κ3) is 4.33.